The van der Waals surface area contributed by atoms with Gasteiger partial charge < -0.3 is 5.73 Å². The van der Waals surface area contributed by atoms with Crippen LogP contribution < -0.4 is 5.73 Å². The largest absolute Gasteiger partial charge is 0.384 e. The Bertz CT molecular complexity index is 321. The lowest BCUT2D eigenvalue weighted by Crippen LogP contribution is -2.28. The molecule has 0 aliphatic rings. The monoisotopic (exact) mass is 235 g/mol. The minimum atomic E-state index is 0.612. The second-order valence-electron chi connectivity index (χ2n) is 4.60. The number of nitrogens with zero attached hydrogens (tertiary/aromatic N) is 2. The van der Waals surface area contributed by atoms with Crippen molar-refractivity contribution in [2.45, 2.75) is 40.2 Å². The number of rotatable bonds is 7. The molecule has 1 aromatic heterocycles. The average Bonchev–Trinajstić information content (AvgIpc) is 2.34. The third kappa shape index (κ3) is 4.73. The van der Waals surface area contributed by atoms with Gasteiger partial charge in [-0.3, -0.25) is 4.90 Å². The molecule has 0 bridgehead atoms. The lowest BCUT2D eigenvalue weighted by atomic mass is 10.0. The number of hydrogen-bond acceptors (Lipinski definition) is 3. The molecule has 96 valence electrons. The van der Waals surface area contributed by atoms with Crippen LogP contribution in [0.4, 0.5) is 5.82 Å². The van der Waals surface area contributed by atoms with E-state index in [1.165, 1.54) is 24.9 Å². The van der Waals surface area contributed by atoms with Gasteiger partial charge in [-0.25, -0.2) is 4.98 Å². The second-order valence-corrected chi connectivity index (χ2v) is 4.60. The van der Waals surface area contributed by atoms with E-state index in [-0.39, 0.29) is 0 Å². The zero-order chi connectivity index (χ0) is 12.7. The summed E-state index contributed by atoms with van der Waals surface area (Å²) in [4.78, 5) is 6.50. The molecule has 0 radical (unpaired) electrons. The van der Waals surface area contributed by atoms with Crippen molar-refractivity contribution < 1.29 is 0 Å². The van der Waals surface area contributed by atoms with E-state index in [2.05, 4.69) is 30.7 Å². The Morgan fingerprint density at radius 3 is 2.53 bits per heavy atom. The average molecular weight is 235 g/mol. The number of anilines is 1. The van der Waals surface area contributed by atoms with E-state index in [1.54, 1.807) is 6.20 Å². The highest BCUT2D eigenvalue weighted by Crippen LogP contribution is 2.13. The van der Waals surface area contributed by atoms with Gasteiger partial charge >= 0.3 is 0 Å². The topological polar surface area (TPSA) is 42.2 Å². The van der Waals surface area contributed by atoms with E-state index < -0.39 is 0 Å². The van der Waals surface area contributed by atoms with Crippen molar-refractivity contribution in [3.8, 4) is 0 Å². The van der Waals surface area contributed by atoms with Crippen LogP contribution in [0.3, 0.4) is 0 Å². The maximum atomic E-state index is 5.70. The Hall–Kier alpha value is -1.09. The van der Waals surface area contributed by atoms with Crippen molar-refractivity contribution in [2.24, 2.45) is 5.92 Å². The molecule has 0 saturated heterocycles. The molecule has 2 N–H and O–H groups in total. The van der Waals surface area contributed by atoms with Gasteiger partial charge in [-0.1, -0.05) is 33.6 Å². The van der Waals surface area contributed by atoms with E-state index in [4.69, 9.17) is 5.73 Å². The van der Waals surface area contributed by atoms with Gasteiger partial charge in [-0.2, -0.15) is 0 Å². The van der Waals surface area contributed by atoms with E-state index in [0.717, 1.165) is 19.0 Å². The maximum absolute atomic E-state index is 5.70. The highest BCUT2D eigenvalue weighted by molar-refractivity contribution is 5.31. The van der Waals surface area contributed by atoms with Crippen molar-refractivity contribution in [1.29, 1.82) is 0 Å². The van der Waals surface area contributed by atoms with E-state index >= 15 is 0 Å². The SMILES string of the molecule is CCC(CC)CN(CC)Cc1ccnc(N)c1. The Kier molecular flexibility index (Phi) is 5.98. The van der Waals surface area contributed by atoms with Crippen LogP contribution in [0.5, 0.6) is 0 Å². The molecular weight excluding hydrogens is 210 g/mol. The molecule has 0 fully saturated rings. The van der Waals surface area contributed by atoms with Gasteiger partial charge in [0.2, 0.25) is 0 Å². The minimum Gasteiger partial charge on any atom is -0.384 e. The predicted molar refractivity (Wildman–Crippen MR) is 73.7 cm³/mol. The Morgan fingerprint density at radius 2 is 2.00 bits per heavy atom. The molecule has 0 amide bonds. The molecule has 0 aromatic carbocycles. The summed E-state index contributed by atoms with van der Waals surface area (Å²) in [6.45, 7) is 9.98. The lowest BCUT2D eigenvalue weighted by Gasteiger charge is -2.25. The van der Waals surface area contributed by atoms with Gasteiger partial charge in [0, 0.05) is 19.3 Å². The zero-order valence-corrected chi connectivity index (χ0v) is 11.3. The van der Waals surface area contributed by atoms with Crippen molar-refractivity contribution in [2.75, 3.05) is 18.8 Å². The first-order valence-electron chi connectivity index (χ1n) is 6.62. The quantitative estimate of drug-likeness (QED) is 0.790. The van der Waals surface area contributed by atoms with E-state index in [9.17, 15) is 0 Å². The van der Waals surface area contributed by atoms with Crippen LogP contribution in [0.1, 0.15) is 39.2 Å². The zero-order valence-electron chi connectivity index (χ0n) is 11.3. The molecule has 1 rings (SSSR count). The van der Waals surface area contributed by atoms with Crippen LogP contribution >= 0.6 is 0 Å². The van der Waals surface area contributed by atoms with Crippen LogP contribution in [0, 0.1) is 5.92 Å². The summed E-state index contributed by atoms with van der Waals surface area (Å²) in [6, 6.07) is 4.02. The van der Waals surface area contributed by atoms with E-state index in [1.807, 2.05) is 12.1 Å². The Balaban J connectivity index is 2.57. The lowest BCUT2D eigenvalue weighted by molar-refractivity contribution is 0.226. The molecule has 3 nitrogen and oxygen atoms in total. The molecule has 1 aromatic rings. The molecule has 0 aliphatic heterocycles. The van der Waals surface area contributed by atoms with Crippen LogP contribution in [-0.2, 0) is 6.54 Å². The minimum absolute atomic E-state index is 0.612. The van der Waals surface area contributed by atoms with Gasteiger partial charge in [0.15, 0.2) is 0 Å². The predicted octanol–water partition coefficient (Wildman–Crippen LogP) is 2.92. The summed E-state index contributed by atoms with van der Waals surface area (Å²) in [7, 11) is 0. The summed E-state index contributed by atoms with van der Waals surface area (Å²) in [5.74, 6) is 1.41. The van der Waals surface area contributed by atoms with Crippen LogP contribution in [0.25, 0.3) is 0 Å². The van der Waals surface area contributed by atoms with Crippen molar-refractivity contribution >= 4 is 5.82 Å². The highest BCUT2D eigenvalue weighted by Gasteiger charge is 2.10. The Morgan fingerprint density at radius 1 is 1.29 bits per heavy atom. The van der Waals surface area contributed by atoms with Crippen molar-refractivity contribution in [1.82, 2.24) is 9.88 Å². The van der Waals surface area contributed by atoms with Crippen molar-refractivity contribution in [3.05, 3.63) is 23.9 Å². The summed E-state index contributed by atoms with van der Waals surface area (Å²) in [6.07, 6.45) is 4.30. The Labute approximate surface area is 105 Å². The molecule has 3 heteroatoms. The fourth-order valence-corrected chi connectivity index (χ4v) is 2.07. The number of pyridine rings is 1. The summed E-state index contributed by atoms with van der Waals surface area (Å²) >= 11 is 0. The van der Waals surface area contributed by atoms with Crippen LogP contribution in [0.15, 0.2) is 18.3 Å². The van der Waals surface area contributed by atoms with Crippen LogP contribution in [-0.4, -0.2) is 23.0 Å². The first-order valence-corrected chi connectivity index (χ1v) is 6.62. The smallest absolute Gasteiger partial charge is 0.123 e. The highest BCUT2D eigenvalue weighted by atomic mass is 15.1. The van der Waals surface area contributed by atoms with Gasteiger partial charge in [-0.05, 0) is 30.2 Å². The third-order valence-electron chi connectivity index (χ3n) is 3.37. The van der Waals surface area contributed by atoms with Gasteiger partial charge in [0.1, 0.15) is 5.82 Å². The number of hydrogen-bond donors (Lipinski definition) is 1. The summed E-state index contributed by atoms with van der Waals surface area (Å²) in [5, 5.41) is 0. The molecule has 0 unspecified atom stereocenters. The number of nitrogens with two attached hydrogens (primary N) is 1. The fourth-order valence-electron chi connectivity index (χ4n) is 2.07. The molecule has 1 heterocycles. The standard InChI is InChI=1S/C14H25N3/c1-4-12(5-2)10-17(6-3)11-13-7-8-16-14(15)9-13/h7-9,12H,4-6,10-11H2,1-3H3,(H2,15,16). The molecule has 0 spiro atoms. The molecular formula is C14H25N3. The summed E-state index contributed by atoms with van der Waals surface area (Å²) in [5.41, 5.74) is 6.95. The number of aromatic nitrogens is 1. The van der Waals surface area contributed by atoms with Gasteiger partial charge in [0.25, 0.3) is 0 Å². The molecule has 0 aliphatic carbocycles. The normalized spacial score (nSPS) is 11.4. The van der Waals surface area contributed by atoms with Gasteiger partial charge in [-0.15, -0.1) is 0 Å². The third-order valence-corrected chi connectivity index (χ3v) is 3.37. The first-order chi connectivity index (χ1) is 8.19. The molecule has 0 atom stereocenters. The summed E-state index contributed by atoms with van der Waals surface area (Å²) < 4.78 is 0. The maximum Gasteiger partial charge on any atom is 0.123 e. The molecule has 17 heavy (non-hydrogen) atoms. The van der Waals surface area contributed by atoms with E-state index in [0.29, 0.717) is 5.82 Å². The van der Waals surface area contributed by atoms with Crippen molar-refractivity contribution in [3.63, 3.8) is 0 Å². The molecule has 0 saturated carbocycles. The van der Waals surface area contributed by atoms with Gasteiger partial charge in [0.05, 0.1) is 0 Å². The van der Waals surface area contributed by atoms with Crippen LogP contribution in [0.2, 0.25) is 0 Å². The fraction of sp³-hybridized carbons (Fsp3) is 0.643. The first kappa shape index (κ1) is 14.0. The number of nitrogen functional groups attached to an aromatic ring is 1. The second kappa shape index (κ2) is 7.28.